The van der Waals surface area contributed by atoms with Crippen molar-refractivity contribution < 1.29 is 31.8 Å². The monoisotopic (exact) mass is 438 g/mol. The summed E-state index contributed by atoms with van der Waals surface area (Å²) < 4.78 is 66.1. The molecule has 0 bridgehead atoms. The fourth-order valence-corrected chi connectivity index (χ4v) is 3.21. The van der Waals surface area contributed by atoms with E-state index in [1.807, 2.05) is 6.92 Å². The Hall–Kier alpha value is -2.14. The highest BCUT2D eigenvalue weighted by Crippen LogP contribution is 2.22. The van der Waals surface area contributed by atoms with Crippen molar-refractivity contribution >= 4 is 5.96 Å². The Bertz CT molecular complexity index is 670. The molecular weight excluding hydrogens is 411 g/mol. The van der Waals surface area contributed by atoms with Gasteiger partial charge in [-0.3, -0.25) is 9.89 Å². The van der Waals surface area contributed by atoms with E-state index in [1.54, 1.807) is 0 Å². The van der Waals surface area contributed by atoms with E-state index in [0.717, 1.165) is 0 Å². The molecular formula is C19H27F5N4O2. The van der Waals surface area contributed by atoms with Crippen LogP contribution < -0.4 is 15.4 Å². The molecule has 3 N–H and O–H groups in total. The van der Waals surface area contributed by atoms with E-state index in [-0.39, 0.29) is 18.2 Å². The first-order valence-corrected chi connectivity index (χ1v) is 9.70. The summed E-state index contributed by atoms with van der Waals surface area (Å²) in [6.07, 6.45) is -4.48. The lowest BCUT2D eigenvalue weighted by molar-refractivity contribution is -0.143. The molecule has 0 saturated carbocycles. The summed E-state index contributed by atoms with van der Waals surface area (Å²) in [5, 5.41) is 16.4. The number of nitrogens with zero attached hydrogens (tertiary/aromatic N) is 2. The first-order valence-electron chi connectivity index (χ1n) is 9.70. The SMILES string of the molecule is CCNC(=NCC(O)c1ccc(OC(F)F)cc1)NCC1CCN(CC(F)(F)F)C1. The smallest absolute Gasteiger partial charge is 0.401 e. The third kappa shape index (κ3) is 8.70. The Balaban J connectivity index is 1.83. The van der Waals surface area contributed by atoms with Crippen molar-refractivity contribution in [2.75, 3.05) is 39.3 Å². The van der Waals surface area contributed by atoms with Crippen LogP contribution in [0.25, 0.3) is 0 Å². The van der Waals surface area contributed by atoms with Crippen molar-refractivity contribution in [2.24, 2.45) is 10.9 Å². The van der Waals surface area contributed by atoms with Crippen LogP contribution in [-0.2, 0) is 0 Å². The average molecular weight is 438 g/mol. The maximum atomic E-state index is 12.5. The zero-order valence-corrected chi connectivity index (χ0v) is 16.6. The Morgan fingerprint density at radius 1 is 1.27 bits per heavy atom. The van der Waals surface area contributed by atoms with Crippen LogP contribution in [0.15, 0.2) is 29.3 Å². The van der Waals surface area contributed by atoms with Gasteiger partial charge in [0.05, 0.1) is 19.2 Å². The van der Waals surface area contributed by atoms with Crippen LogP contribution in [0.1, 0.15) is 25.0 Å². The number of aliphatic hydroxyl groups excluding tert-OH is 1. The molecule has 6 nitrogen and oxygen atoms in total. The van der Waals surface area contributed by atoms with Crippen LogP contribution in [-0.4, -0.2) is 68.0 Å². The van der Waals surface area contributed by atoms with Crippen LogP contribution in [0.3, 0.4) is 0 Å². The summed E-state index contributed by atoms with van der Waals surface area (Å²) in [5.41, 5.74) is 0.495. The molecule has 0 radical (unpaired) electrons. The minimum absolute atomic E-state index is 0.00409. The molecule has 2 rings (SSSR count). The number of aliphatic hydroxyl groups is 1. The number of alkyl halides is 5. The molecule has 1 fully saturated rings. The lowest BCUT2D eigenvalue weighted by Gasteiger charge is -2.19. The molecule has 1 heterocycles. The predicted molar refractivity (Wildman–Crippen MR) is 103 cm³/mol. The summed E-state index contributed by atoms with van der Waals surface area (Å²) in [5.74, 6) is 0.516. The van der Waals surface area contributed by atoms with Gasteiger partial charge in [-0.25, -0.2) is 0 Å². The van der Waals surface area contributed by atoms with E-state index in [9.17, 15) is 27.1 Å². The molecule has 0 aromatic heterocycles. The third-order valence-electron chi connectivity index (χ3n) is 4.59. The number of halogens is 5. The highest BCUT2D eigenvalue weighted by atomic mass is 19.4. The number of rotatable bonds is 9. The average Bonchev–Trinajstić information content (AvgIpc) is 3.09. The molecule has 170 valence electrons. The van der Waals surface area contributed by atoms with E-state index in [1.165, 1.54) is 29.2 Å². The van der Waals surface area contributed by atoms with Crippen LogP contribution in [0.5, 0.6) is 5.75 Å². The molecule has 11 heteroatoms. The topological polar surface area (TPSA) is 69.1 Å². The first-order chi connectivity index (χ1) is 14.2. The molecule has 2 unspecified atom stereocenters. The quantitative estimate of drug-likeness (QED) is 0.314. The molecule has 2 atom stereocenters. The van der Waals surface area contributed by atoms with Crippen molar-refractivity contribution in [2.45, 2.75) is 32.2 Å². The van der Waals surface area contributed by atoms with Gasteiger partial charge < -0.3 is 20.5 Å². The number of hydrogen-bond acceptors (Lipinski definition) is 4. The highest BCUT2D eigenvalue weighted by Gasteiger charge is 2.34. The normalized spacial score (nSPS) is 19.2. The number of guanidine groups is 1. The van der Waals surface area contributed by atoms with Gasteiger partial charge in [-0.15, -0.1) is 0 Å². The minimum Gasteiger partial charge on any atom is -0.435 e. The molecule has 1 saturated heterocycles. The maximum Gasteiger partial charge on any atom is 0.401 e. The second kappa shape index (κ2) is 11.3. The summed E-state index contributed by atoms with van der Waals surface area (Å²) in [7, 11) is 0. The number of aliphatic imine (C=N–C) groups is 1. The fraction of sp³-hybridized carbons (Fsp3) is 0.632. The molecule has 1 aromatic rings. The Kier molecular flexibility index (Phi) is 9.09. The van der Waals surface area contributed by atoms with Gasteiger partial charge in [0.15, 0.2) is 5.96 Å². The summed E-state index contributed by atoms with van der Waals surface area (Å²) in [6, 6.07) is 5.63. The summed E-state index contributed by atoms with van der Waals surface area (Å²) in [6.45, 7) is -0.108. The second-order valence-corrected chi connectivity index (χ2v) is 7.07. The van der Waals surface area contributed by atoms with Crippen molar-refractivity contribution in [3.05, 3.63) is 29.8 Å². The zero-order chi connectivity index (χ0) is 22.1. The molecule has 0 amide bonds. The van der Waals surface area contributed by atoms with Gasteiger partial charge in [-0.1, -0.05) is 12.1 Å². The Labute approximate surface area is 172 Å². The number of hydrogen-bond donors (Lipinski definition) is 3. The van der Waals surface area contributed by atoms with Crippen molar-refractivity contribution in [3.63, 3.8) is 0 Å². The lowest BCUT2D eigenvalue weighted by Crippen LogP contribution is -2.41. The van der Waals surface area contributed by atoms with Crippen molar-refractivity contribution in [1.29, 1.82) is 0 Å². The molecule has 1 aliphatic heterocycles. The predicted octanol–water partition coefficient (Wildman–Crippen LogP) is 2.76. The van der Waals surface area contributed by atoms with E-state index >= 15 is 0 Å². The number of benzene rings is 1. The number of likely N-dealkylation sites (tertiary alicyclic amines) is 1. The second-order valence-electron chi connectivity index (χ2n) is 7.07. The van der Waals surface area contributed by atoms with Crippen molar-refractivity contribution in [3.8, 4) is 5.75 Å². The molecule has 1 aliphatic rings. The summed E-state index contributed by atoms with van der Waals surface area (Å²) >= 11 is 0. The van der Waals surface area contributed by atoms with Gasteiger partial charge >= 0.3 is 12.8 Å². The van der Waals surface area contributed by atoms with E-state index in [4.69, 9.17) is 0 Å². The Morgan fingerprint density at radius 2 is 1.97 bits per heavy atom. The van der Waals surface area contributed by atoms with Crippen LogP contribution in [0, 0.1) is 5.92 Å². The molecule has 1 aromatic carbocycles. The fourth-order valence-electron chi connectivity index (χ4n) is 3.21. The highest BCUT2D eigenvalue weighted by molar-refractivity contribution is 5.79. The van der Waals surface area contributed by atoms with Crippen molar-refractivity contribution in [1.82, 2.24) is 15.5 Å². The van der Waals surface area contributed by atoms with E-state index in [2.05, 4.69) is 20.4 Å². The molecule has 0 aliphatic carbocycles. The van der Waals surface area contributed by atoms with E-state index < -0.39 is 25.4 Å². The summed E-state index contributed by atoms with van der Waals surface area (Å²) in [4.78, 5) is 5.69. The van der Waals surface area contributed by atoms with Gasteiger partial charge in [0.1, 0.15) is 5.75 Å². The van der Waals surface area contributed by atoms with Gasteiger partial charge in [0.2, 0.25) is 0 Å². The first kappa shape index (κ1) is 24.1. The number of nitrogens with one attached hydrogen (secondary N) is 2. The van der Waals surface area contributed by atoms with Crippen LogP contribution in [0.4, 0.5) is 22.0 Å². The molecule has 30 heavy (non-hydrogen) atoms. The van der Waals surface area contributed by atoms with Gasteiger partial charge in [-0.05, 0) is 43.5 Å². The standard InChI is InChI=1S/C19H27F5N4O2/c1-2-25-18(26-9-13-7-8-28(11-13)12-19(22,23)24)27-10-16(29)14-3-5-15(6-4-14)30-17(20)21/h3-6,13,16-17,29H,2,7-12H2,1H3,(H2,25,26,27). The third-order valence-corrected chi connectivity index (χ3v) is 4.59. The Morgan fingerprint density at radius 3 is 2.57 bits per heavy atom. The minimum atomic E-state index is -4.20. The number of ether oxygens (including phenoxy) is 1. The maximum absolute atomic E-state index is 12.5. The largest absolute Gasteiger partial charge is 0.435 e. The van der Waals surface area contributed by atoms with Gasteiger partial charge in [0.25, 0.3) is 0 Å². The van der Waals surface area contributed by atoms with Crippen LogP contribution in [0.2, 0.25) is 0 Å². The van der Waals surface area contributed by atoms with E-state index in [0.29, 0.717) is 44.1 Å². The van der Waals surface area contributed by atoms with Crippen LogP contribution >= 0.6 is 0 Å². The lowest BCUT2D eigenvalue weighted by atomic mass is 10.1. The molecule has 0 spiro atoms. The van der Waals surface area contributed by atoms with Gasteiger partial charge in [-0.2, -0.15) is 22.0 Å². The zero-order valence-electron chi connectivity index (χ0n) is 16.6. The van der Waals surface area contributed by atoms with Gasteiger partial charge in [0, 0.05) is 19.6 Å².